The number of hydrogen-bond acceptors (Lipinski definition) is 3. The van der Waals surface area contributed by atoms with Gasteiger partial charge in [0.1, 0.15) is 0 Å². The van der Waals surface area contributed by atoms with Crippen molar-refractivity contribution in [2.24, 2.45) is 0 Å². The summed E-state index contributed by atoms with van der Waals surface area (Å²) < 4.78 is 0. The normalized spacial score (nSPS) is 11.9. The van der Waals surface area contributed by atoms with Gasteiger partial charge in [0.15, 0.2) is 0 Å². The molecule has 0 atom stereocenters. The van der Waals surface area contributed by atoms with Gasteiger partial charge in [-0.05, 0) is 39.2 Å². The number of alkyl halides is 1. The SMILES string of the molecule is Cc1cc(C(C)C)nc(NC(C)(C)CCCl)n1. The number of halogens is 1. The molecular weight excluding hydrogens is 234 g/mol. The fourth-order valence-corrected chi connectivity index (χ4v) is 2.02. The Morgan fingerprint density at radius 2 is 2.00 bits per heavy atom. The highest BCUT2D eigenvalue weighted by atomic mass is 35.5. The molecule has 0 fully saturated rings. The standard InChI is InChI=1S/C13H22ClN3/c1-9(2)11-8-10(3)15-12(16-11)17-13(4,5)6-7-14/h8-9H,6-7H2,1-5H3,(H,15,16,17). The molecule has 0 saturated heterocycles. The molecule has 1 aromatic rings. The van der Waals surface area contributed by atoms with Gasteiger partial charge in [0, 0.05) is 22.8 Å². The summed E-state index contributed by atoms with van der Waals surface area (Å²) in [6, 6.07) is 2.03. The number of anilines is 1. The number of rotatable bonds is 5. The first-order valence-corrected chi connectivity index (χ1v) is 6.57. The lowest BCUT2D eigenvalue weighted by atomic mass is 10.0. The van der Waals surface area contributed by atoms with E-state index >= 15 is 0 Å². The third-order valence-corrected chi connectivity index (χ3v) is 2.82. The van der Waals surface area contributed by atoms with Crippen LogP contribution < -0.4 is 5.32 Å². The predicted molar refractivity (Wildman–Crippen MR) is 73.9 cm³/mol. The maximum absolute atomic E-state index is 5.78. The highest BCUT2D eigenvalue weighted by molar-refractivity contribution is 6.17. The Morgan fingerprint density at radius 3 is 2.53 bits per heavy atom. The summed E-state index contributed by atoms with van der Waals surface area (Å²) >= 11 is 5.78. The average Bonchev–Trinajstić information content (AvgIpc) is 2.15. The molecule has 17 heavy (non-hydrogen) atoms. The third kappa shape index (κ3) is 4.50. The van der Waals surface area contributed by atoms with Gasteiger partial charge in [-0.15, -0.1) is 11.6 Å². The molecule has 0 radical (unpaired) electrons. The van der Waals surface area contributed by atoms with Crippen LogP contribution in [0.15, 0.2) is 6.07 Å². The van der Waals surface area contributed by atoms with Crippen LogP contribution in [-0.2, 0) is 0 Å². The lowest BCUT2D eigenvalue weighted by Crippen LogP contribution is -2.32. The molecule has 0 spiro atoms. The summed E-state index contributed by atoms with van der Waals surface area (Å²) in [4.78, 5) is 8.95. The molecule has 1 heterocycles. The van der Waals surface area contributed by atoms with Crippen LogP contribution in [0.2, 0.25) is 0 Å². The topological polar surface area (TPSA) is 37.8 Å². The largest absolute Gasteiger partial charge is 0.349 e. The zero-order chi connectivity index (χ0) is 13.1. The van der Waals surface area contributed by atoms with Gasteiger partial charge in [-0.1, -0.05) is 13.8 Å². The Hall–Kier alpha value is -0.830. The lowest BCUT2D eigenvalue weighted by molar-refractivity contribution is 0.544. The summed E-state index contributed by atoms with van der Waals surface area (Å²) in [7, 11) is 0. The molecule has 3 nitrogen and oxygen atoms in total. The summed E-state index contributed by atoms with van der Waals surface area (Å²) in [5.74, 6) is 1.74. The molecule has 0 saturated carbocycles. The van der Waals surface area contributed by atoms with Crippen molar-refractivity contribution in [3.8, 4) is 0 Å². The van der Waals surface area contributed by atoms with Crippen LogP contribution in [0.4, 0.5) is 5.95 Å². The van der Waals surface area contributed by atoms with E-state index in [1.807, 2.05) is 13.0 Å². The number of aryl methyl sites for hydroxylation is 1. The highest BCUT2D eigenvalue weighted by Gasteiger charge is 2.18. The summed E-state index contributed by atoms with van der Waals surface area (Å²) in [5, 5.41) is 3.35. The third-order valence-electron chi connectivity index (χ3n) is 2.64. The molecule has 1 rings (SSSR count). The molecular formula is C13H22ClN3. The Balaban J connectivity index is 2.91. The second kappa shape index (κ2) is 5.67. The van der Waals surface area contributed by atoms with Crippen molar-refractivity contribution in [2.45, 2.75) is 52.5 Å². The molecule has 0 aromatic carbocycles. The highest BCUT2D eigenvalue weighted by Crippen LogP contribution is 2.19. The maximum atomic E-state index is 5.78. The second-order valence-electron chi connectivity index (χ2n) is 5.36. The minimum Gasteiger partial charge on any atom is -0.349 e. The minimum atomic E-state index is -0.0796. The number of nitrogens with one attached hydrogen (secondary N) is 1. The maximum Gasteiger partial charge on any atom is 0.223 e. The average molecular weight is 256 g/mol. The number of hydrogen-bond donors (Lipinski definition) is 1. The van der Waals surface area contributed by atoms with Crippen LogP contribution in [0.5, 0.6) is 0 Å². The molecule has 1 N–H and O–H groups in total. The van der Waals surface area contributed by atoms with Crippen molar-refractivity contribution in [3.63, 3.8) is 0 Å². The molecule has 1 aromatic heterocycles. The molecule has 0 unspecified atom stereocenters. The van der Waals surface area contributed by atoms with Gasteiger partial charge in [-0.2, -0.15) is 0 Å². The fraction of sp³-hybridized carbons (Fsp3) is 0.692. The Kier molecular flexibility index (Phi) is 4.75. The smallest absolute Gasteiger partial charge is 0.223 e. The molecule has 0 amide bonds. The van der Waals surface area contributed by atoms with Crippen molar-refractivity contribution < 1.29 is 0 Å². The van der Waals surface area contributed by atoms with E-state index in [1.165, 1.54) is 0 Å². The van der Waals surface area contributed by atoms with Gasteiger partial charge in [-0.25, -0.2) is 9.97 Å². The van der Waals surface area contributed by atoms with Crippen LogP contribution in [0.25, 0.3) is 0 Å². The van der Waals surface area contributed by atoms with Crippen LogP contribution in [-0.4, -0.2) is 21.4 Å². The Labute approximate surface area is 109 Å². The first kappa shape index (κ1) is 14.2. The van der Waals surface area contributed by atoms with E-state index in [9.17, 15) is 0 Å². The van der Waals surface area contributed by atoms with Crippen molar-refractivity contribution in [3.05, 3.63) is 17.5 Å². The first-order valence-electron chi connectivity index (χ1n) is 6.04. The summed E-state index contributed by atoms with van der Waals surface area (Å²) in [5.41, 5.74) is 1.98. The van der Waals surface area contributed by atoms with Gasteiger partial charge in [0.25, 0.3) is 0 Å². The fourth-order valence-electron chi connectivity index (χ4n) is 1.55. The van der Waals surface area contributed by atoms with E-state index in [0.717, 1.165) is 17.8 Å². The monoisotopic (exact) mass is 255 g/mol. The number of nitrogens with zero attached hydrogens (tertiary/aromatic N) is 2. The zero-order valence-electron chi connectivity index (χ0n) is 11.3. The van der Waals surface area contributed by atoms with Gasteiger partial charge in [0.05, 0.1) is 0 Å². The van der Waals surface area contributed by atoms with Crippen molar-refractivity contribution in [2.75, 3.05) is 11.2 Å². The van der Waals surface area contributed by atoms with Crippen molar-refractivity contribution in [1.82, 2.24) is 9.97 Å². The molecule has 0 aliphatic rings. The van der Waals surface area contributed by atoms with Gasteiger partial charge >= 0.3 is 0 Å². The van der Waals surface area contributed by atoms with Gasteiger partial charge in [-0.3, -0.25) is 0 Å². The van der Waals surface area contributed by atoms with E-state index in [-0.39, 0.29) is 5.54 Å². The van der Waals surface area contributed by atoms with Gasteiger partial charge < -0.3 is 5.32 Å². The first-order chi connectivity index (χ1) is 7.84. The molecule has 0 aliphatic heterocycles. The molecule has 0 aliphatic carbocycles. The summed E-state index contributed by atoms with van der Waals surface area (Å²) in [6.45, 7) is 10.5. The predicted octanol–water partition coefficient (Wildman–Crippen LogP) is 3.73. The van der Waals surface area contributed by atoms with E-state index < -0.39 is 0 Å². The van der Waals surface area contributed by atoms with E-state index in [1.54, 1.807) is 0 Å². The van der Waals surface area contributed by atoms with E-state index in [2.05, 4.69) is 43.0 Å². The van der Waals surface area contributed by atoms with Crippen LogP contribution in [0.3, 0.4) is 0 Å². The van der Waals surface area contributed by atoms with Crippen LogP contribution >= 0.6 is 11.6 Å². The lowest BCUT2D eigenvalue weighted by Gasteiger charge is -2.25. The Morgan fingerprint density at radius 1 is 1.35 bits per heavy atom. The van der Waals surface area contributed by atoms with E-state index in [0.29, 0.717) is 17.7 Å². The molecule has 0 bridgehead atoms. The quantitative estimate of drug-likeness (QED) is 0.815. The molecule has 4 heteroatoms. The van der Waals surface area contributed by atoms with Crippen LogP contribution in [0, 0.1) is 6.92 Å². The second-order valence-corrected chi connectivity index (χ2v) is 5.74. The zero-order valence-corrected chi connectivity index (χ0v) is 12.1. The minimum absolute atomic E-state index is 0.0796. The van der Waals surface area contributed by atoms with Crippen molar-refractivity contribution >= 4 is 17.5 Å². The van der Waals surface area contributed by atoms with Crippen molar-refractivity contribution in [1.29, 1.82) is 0 Å². The van der Waals surface area contributed by atoms with E-state index in [4.69, 9.17) is 11.6 Å². The Bertz CT molecular complexity index is 375. The van der Waals surface area contributed by atoms with Crippen LogP contribution in [0.1, 0.15) is 51.4 Å². The van der Waals surface area contributed by atoms with Gasteiger partial charge in [0.2, 0.25) is 5.95 Å². The molecule has 96 valence electrons. The number of aromatic nitrogens is 2. The summed E-state index contributed by atoms with van der Waals surface area (Å²) in [6.07, 6.45) is 0.878.